The number of carboxylic acid groups (broad SMARTS) is 3. The van der Waals surface area contributed by atoms with E-state index in [-0.39, 0.29) is 115 Å². The van der Waals surface area contributed by atoms with Crippen molar-refractivity contribution < 1.29 is 77.1 Å². The summed E-state index contributed by atoms with van der Waals surface area (Å²) < 4.78 is 34.9. The average Bonchev–Trinajstić information content (AvgIpc) is 1.97. The van der Waals surface area contributed by atoms with E-state index in [1.54, 1.807) is 48.8 Å². The Labute approximate surface area is 544 Å². The van der Waals surface area contributed by atoms with E-state index in [0.29, 0.717) is 87.4 Å². The van der Waals surface area contributed by atoms with Gasteiger partial charge >= 0.3 is 17.9 Å². The van der Waals surface area contributed by atoms with E-state index in [2.05, 4.69) is 53.7 Å². The molecule has 4 heterocycles. The first-order valence-electron chi connectivity index (χ1n) is 30.3. The van der Waals surface area contributed by atoms with Crippen LogP contribution >= 0.6 is 34.4 Å². The van der Waals surface area contributed by atoms with E-state index in [0.717, 1.165) is 20.5 Å². The minimum Gasteiger partial charge on any atom is -0.494 e. The number of rotatable bonds is 32. The van der Waals surface area contributed by atoms with Gasteiger partial charge in [-0.05, 0) is 96.7 Å². The summed E-state index contributed by atoms with van der Waals surface area (Å²) in [5.41, 5.74) is 1.79. The molecule has 498 valence electrons. The number of hydrogen-bond acceptors (Lipinski definition) is 19. The van der Waals surface area contributed by atoms with Crippen LogP contribution in [-0.4, -0.2) is 293 Å². The third-order valence-corrected chi connectivity index (χ3v) is 17.3. The molecule has 3 aromatic rings. The number of aromatic nitrogens is 1. The van der Waals surface area contributed by atoms with E-state index in [1.807, 2.05) is 24.3 Å². The number of likely N-dealkylation sites (tertiary alicyclic amines) is 1. The van der Waals surface area contributed by atoms with Gasteiger partial charge in [-0.2, -0.15) is 17.0 Å². The van der Waals surface area contributed by atoms with E-state index >= 15 is 0 Å². The molecule has 8 N–H and O–H groups in total. The Morgan fingerprint density at radius 1 is 0.736 bits per heavy atom. The lowest BCUT2D eigenvalue weighted by Crippen LogP contribution is -2.52. The molecule has 0 saturated carbocycles. The number of nitrogens with one attached hydrogen (secondary N) is 4. The van der Waals surface area contributed by atoms with Crippen molar-refractivity contribution in [2.45, 2.75) is 69.1 Å². The maximum atomic E-state index is 13.9. The van der Waals surface area contributed by atoms with Crippen LogP contribution in [0.5, 0.6) is 5.75 Å². The van der Waals surface area contributed by atoms with Crippen molar-refractivity contribution in [3.8, 4) is 11.8 Å². The molecule has 0 bridgehead atoms. The number of piperazine rings is 1. The van der Waals surface area contributed by atoms with Crippen molar-refractivity contribution in [1.82, 2.24) is 60.6 Å². The van der Waals surface area contributed by atoms with Crippen molar-refractivity contribution in [3.63, 3.8) is 0 Å². The van der Waals surface area contributed by atoms with Crippen molar-refractivity contribution in [2.75, 3.05) is 156 Å². The number of benzene rings is 2. The lowest BCUT2D eigenvalue weighted by Gasteiger charge is -2.35. The Balaban J connectivity index is 0.936. The van der Waals surface area contributed by atoms with Crippen LogP contribution in [0.15, 0.2) is 54.7 Å². The third kappa shape index (κ3) is 25.9. The molecule has 3 aliphatic heterocycles. The zero-order valence-corrected chi connectivity index (χ0v) is 53.8. The number of thioether (sulfide) groups is 1. The number of carbonyl (C=O) groups excluding carboxylic acids is 6. The van der Waals surface area contributed by atoms with Crippen molar-refractivity contribution in [2.24, 2.45) is 0 Å². The number of alkyl halides is 2. The second kappa shape index (κ2) is 37.5. The summed E-state index contributed by atoms with van der Waals surface area (Å²) >= 11 is 3.49. The smallest absolute Gasteiger partial charge is 0.317 e. The quantitative estimate of drug-likeness (QED) is 0.0308. The number of nitrogens with zero attached hydrogens (tertiary/aromatic N) is 9. The molecule has 3 atom stereocenters. The van der Waals surface area contributed by atoms with Gasteiger partial charge in [0.15, 0.2) is 0 Å². The van der Waals surface area contributed by atoms with Crippen LogP contribution in [0.2, 0.25) is 0 Å². The fourth-order valence-corrected chi connectivity index (χ4v) is 11.8. The molecule has 6 amide bonds. The minimum atomic E-state index is -3.19. The molecule has 0 spiro atoms. The minimum absolute atomic E-state index is 0.0595. The molecule has 91 heavy (non-hydrogen) atoms. The van der Waals surface area contributed by atoms with Crippen molar-refractivity contribution in [3.05, 3.63) is 69.4 Å². The first-order valence-corrected chi connectivity index (χ1v) is 32.5. The molecule has 31 heteroatoms. The summed E-state index contributed by atoms with van der Waals surface area (Å²) in [5, 5.41) is 60.5. The second-order valence-electron chi connectivity index (χ2n) is 22.6. The van der Waals surface area contributed by atoms with Crippen LogP contribution in [0.1, 0.15) is 54.4 Å². The largest absolute Gasteiger partial charge is 0.494 e. The molecule has 6 rings (SSSR count). The summed E-state index contributed by atoms with van der Waals surface area (Å²) in [6, 6.07) is 14.0. The van der Waals surface area contributed by atoms with E-state index < -0.39 is 91.1 Å². The summed E-state index contributed by atoms with van der Waals surface area (Å²) in [7, 11) is 0. The SMILES string of the molecule is N#C[C@H]1CC(F)(F)CN1C(=O)CNC(=O)c1ccnc2ccc(OCCCN3CCN(C(=O)[C@H](O)CSCCNC(=O)C(CCCNC(=O)CCCc4ccc(I)cc4)NC(=O)CN4CCN(CC(=O)O)CCN(CC(=O)O)CCN(CC(=O)O)CC4)CC3)cc12. The lowest BCUT2D eigenvalue weighted by atomic mass is 10.1. The summed E-state index contributed by atoms with van der Waals surface area (Å²) in [6.45, 7) is 2.08. The molecule has 1 aromatic heterocycles. The maximum absolute atomic E-state index is 13.9. The van der Waals surface area contributed by atoms with Crippen LogP contribution in [0.4, 0.5) is 8.78 Å². The molecule has 27 nitrogen and oxygen atoms in total. The van der Waals surface area contributed by atoms with Crippen LogP contribution < -0.4 is 26.0 Å². The number of aliphatic carboxylic acids is 3. The third-order valence-electron chi connectivity index (χ3n) is 15.6. The first-order chi connectivity index (χ1) is 43.5. The predicted molar refractivity (Wildman–Crippen MR) is 339 cm³/mol. The van der Waals surface area contributed by atoms with Crippen LogP contribution in [0.3, 0.4) is 0 Å². The molecule has 3 saturated heterocycles. The van der Waals surface area contributed by atoms with Crippen LogP contribution in [-0.2, 0) is 44.8 Å². The zero-order valence-electron chi connectivity index (χ0n) is 50.8. The predicted octanol–water partition coefficient (Wildman–Crippen LogP) is 0.332. The Bertz CT molecular complexity index is 2970. The summed E-state index contributed by atoms with van der Waals surface area (Å²) in [4.78, 5) is 130. The highest BCUT2D eigenvalue weighted by Crippen LogP contribution is 2.32. The number of halogens is 3. The lowest BCUT2D eigenvalue weighted by molar-refractivity contribution is -0.141. The Morgan fingerprint density at radius 2 is 1.34 bits per heavy atom. The van der Waals surface area contributed by atoms with Gasteiger partial charge < -0.3 is 56.2 Å². The Kier molecular flexibility index (Phi) is 30.2. The molecular formula is C60H82F2IN13O14S. The molecule has 0 radical (unpaired) electrons. The number of hydrogen-bond donors (Lipinski definition) is 8. The number of nitriles is 1. The monoisotopic (exact) mass is 1410 g/mol. The summed E-state index contributed by atoms with van der Waals surface area (Å²) in [5.74, 6) is -8.63. The average molecular weight is 1410 g/mol. The highest BCUT2D eigenvalue weighted by molar-refractivity contribution is 14.1. The number of carboxylic acids is 3. The number of fused-ring (bicyclic) bond motifs is 1. The number of carbonyl (C=O) groups is 9. The number of amides is 6. The van der Waals surface area contributed by atoms with Gasteiger partial charge in [0.25, 0.3) is 17.7 Å². The highest BCUT2D eigenvalue weighted by atomic mass is 127. The maximum Gasteiger partial charge on any atom is 0.317 e. The molecular weight excluding hydrogens is 1320 g/mol. The Morgan fingerprint density at radius 3 is 1.95 bits per heavy atom. The number of ether oxygens (including phenoxy) is 1. The number of aliphatic hydroxyl groups is 1. The van der Waals surface area contributed by atoms with E-state index in [4.69, 9.17) is 4.74 Å². The molecule has 3 fully saturated rings. The number of pyridine rings is 1. The standard InChI is InChI=1S/C60H82F2IN13O14S/c61-60(62)33-44(34-64)76(41-60)53(80)35-68-57(87)46-13-15-65-48-12-11-45(32-47(46)48)90-30-3-17-70-26-28-75(29-27-70)59(89)50(77)40-91-31-16-67-58(88)49(5-2-14-66-51(78)6-1-4-42-7-9-43(63)10-8-42)69-52(79)36-71-18-20-72(37-54(81)82)22-24-74(39-56(85)86)25-23-73(21-19-71)38-55(83)84/h7-13,15,32,44,49-50,77H,1-6,14,16-31,33,35-41H2,(H,66,78)(H,67,88)(H,68,87)(H,69,79)(H,81,82)(H,83,84)(H,85,86)/t44-,49?,50-/m1/s1. The van der Waals surface area contributed by atoms with Gasteiger partial charge in [-0.1, -0.05) is 12.1 Å². The molecule has 3 aliphatic rings. The number of aryl methyl sites for hydroxylation is 1. The van der Waals surface area contributed by atoms with Crippen molar-refractivity contribution in [1.29, 1.82) is 5.26 Å². The van der Waals surface area contributed by atoms with E-state index in [1.165, 1.54) is 24.0 Å². The second-order valence-corrected chi connectivity index (χ2v) is 25.0. The summed E-state index contributed by atoms with van der Waals surface area (Å²) in [6.07, 6.45) is 2.14. The van der Waals surface area contributed by atoms with Gasteiger partial charge in [0.1, 0.15) is 23.9 Å². The highest BCUT2D eigenvalue weighted by Gasteiger charge is 2.47. The fourth-order valence-electron chi connectivity index (χ4n) is 10.7. The first kappa shape index (κ1) is 73.1. The molecule has 2 aromatic carbocycles. The van der Waals surface area contributed by atoms with Gasteiger partial charge in [0, 0.05) is 138 Å². The molecule has 1 unspecified atom stereocenters. The normalized spacial score (nSPS) is 18.0. The van der Waals surface area contributed by atoms with Crippen LogP contribution in [0, 0.1) is 14.9 Å². The van der Waals surface area contributed by atoms with E-state index in [9.17, 15) is 77.6 Å². The van der Waals surface area contributed by atoms with Gasteiger partial charge in [0.2, 0.25) is 23.6 Å². The Hall–Kier alpha value is -6.93. The topological polar surface area (TPSA) is 351 Å². The molecule has 0 aliphatic carbocycles. The van der Waals surface area contributed by atoms with Gasteiger partial charge in [-0.25, -0.2) is 8.78 Å². The van der Waals surface area contributed by atoms with Gasteiger partial charge in [0.05, 0.1) is 63.0 Å². The van der Waals surface area contributed by atoms with Gasteiger partial charge in [-0.3, -0.25) is 72.6 Å². The number of aliphatic hydroxyl groups excluding tert-OH is 1. The van der Waals surface area contributed by atoms with Crippen molar-refractivity contribution >= 4 is 98.6 Å². The van der Waals surface area contributed by atoms with Gasteiger partial charge in [-0.15, -0.1) is 0 Å². The van der Waals surface area contributed by atoms with Crippen LogP contribution in [0.25, 0.3) is 10.9 Å². The zero-order chi connectivity index (χ0) is 65.9. The fraction of sp³-hybridized carbons (Fsp3) is 0.583.